The van der Waals surface area contributed by atoms with Crippen LogP contribution in [-0.4, -0.2) is 47.1 Å². The van der Waals surface area contributed by atoms with E-state index in [0.29, 0.717) is 24.2 Å². The van der Waals surface area contributed by atoms with Gasteiger partial charge in [-0.05, 0) is 36.8 Å². The largest absolute Gasteiger partial charge is 0.351 e. The predicted molar refractivity (Wildman–Crippen MR) is 121 cm³/mol. The number of anilines is 2. The molecule has 0 bridgehead atoms. The van der Waals surface area contributed by atoms with Gasteiger partial charge in [-0.1, -0.05) is 29.5 Å². The summed E-state index contributed by atoms with van der Waals surface area (Å²) < 4.78 is 1.65. The number of amides is 1. The lowest BCUT2D eigenvalue weighted by Crippen LogP contribution is -2.28. The molecule has 0 unspecified atom stereocenters. The van der Waals surface area contributed by atoms with Crippen molar-refractivity contribution in [1.29, 1.82) is 0 Å². The Labute approximate surface area is 189 Å². The lowest BCUT2D eigenvalue weighted by atomic mass is 9.89. The monoisotopic (exact) mass is 441 g/mol. The Bertz CT molecular complexity index is 1270. The molecule has 4 aromatic rings. The number of carbonyl (C=O) groups excluding carboxylic acids is 1. The van der Waals surface area contributed by atoms with Crippen LogP contribution in [0.2, 0.25) is 0 Å². The van der Waals surface area contributed by atoms with Gasteiger partial charge in [0.05, 0.1) is 23.8 Å². The summed E-state index contributed by atoms with van der Waals surface area (Å²) in [6.45, 7) is 0. The van der Waals surface area contributed by atoms with E-state index in [4.69, 9.17) is 0 Å². The van der Waals surface area contributed by atoms with E-state index >= 15 is 0 Å². The second kappa shape index (κ2) is 8.12. The van der Waals surface area contributed by atoms with Crippen LogP contribution in [0.4, 0.5) is 11.8 Å². The van der Waals surface area contributed by atoms with Crippen LogP contribution in [0.25, 0.3) is 5.69 Å². The zero-order valence-electron chi connectivity index (χ0n) is 17.9. The van der Waals surface area contributed by atoms with Crippen LogP contribution in [0.5, 0.6) is 0 Å². The second-order valence-electron chi connectivity index (χ2n) is 8.59. The molecule has 6 rings (SSSR count). The third kappa shape index (κ3) is 3.95. The van der Waals surface area contributed by atoms with E-state index in [1.54, 1.807) is 29.3 Å². The molecule has 166 valence electrons. The van der Waals surface area contributed by atoms with Gasteiger partial charge in [0.2, 0.25) is 11.9 Å². The van der Waals surface area contributed by atoms with Crippen LogP contribution in [0, 0.1) is 5.92 Å². The standard InChI is InChI=1S/C23H23N9O/c33-22(16-5-6-19-20(11-16)29-31-28-19)27-21-7-8-32(30-21)18-12-24-23(25-13-18)26-17-9-14-3-1-2-4-15(14)10-17/h1-4,7-8,12-13,16-17H,5-6,9-11H2,(H,24,25,26)(H,27,30,33)(H,28,29,31)/t16-/m1/s1. The quantitative estimate of drug-likeness (QED) is 0.433. The van der Waals surface area contributed by atoms with E-state index in [1.165, 1.54) is 11.1 Å². The van der Waals surface area contributed by atoms with Crippen molar-refractivity contribution in [3.05, 3.63) is 71.4 Å². The molecule has 0 radical (unpaired) electrons. The molecule has 2 aliphatic rings. The van der Waals surface area contributed by atoms with E-state index in [0.717, 1.165) is 42.8 Å². The molecule has 3 aromatic heterocycles. The van der Waals surface area contributed by atoms with Gasteiger partial charge >= 0.3 is 0 Å². The summed E-state index contributed by atoms with van der Waals surface area (Å²) >= 11 is 0. The summed E-state index contributed by atoms with van der Waals surface area (Å²) in [5.41, 5.74) is 5.39. The Morgan fingerprint density at radius 1 is 1.06 bits per heavy atom. The number of hydrogen-bond donors (Lipinski definition) is 3. The molecule has 0 fully saturated rings. The van der Waals surface area contributed by atoms with Crippen molar-refractivity contribution >= 4 is 17.7 Å². The van der Waals surface area contributed by atoms with Crippen LogP contribution < -0.4 is 10.6 Å². The Balaban J connectivity index is 1.07. The summed E-state index contributed by atoms with van der Waals surface area (Å²) in [6.07, 6.45) is 9.31. The highest BCUT2D eigenvalue weighted by Crippen LogP contribution is 2.25. The molecule has 1 atom stereocenters. The van der Waals surface area contributed by atoms with Crippen LogP contribution in [0.3, 0.4) is 0 Å². The zero-order valence-corrected chi connectivity index (χ0v) is 17.9. The summed E-state index contributed by atoms with van der Waals surface area (Å²) in [5, 5.41) is 21.6. The summed E-state index contributed by atoms with van der Waals surface area (Å²) in [4.78, 5) is 21.6. The number of hydrogen-bond acceptors (Lipinski definition) is 7. The minimum atomic E-state index is -0.136. The second-order valence-corrected chi connectivity index (χ2v) is 8.59. The molecule has 0 saturated heterocycles. The van der Waals surface area contributed by atoms with E-state index < -0.39 is 0 Å². The van der Waals surface area contributed by atoms with Crippen molar-refractivity contribution in [1.82, 2.24) is 35.2 Å². The Morgan fingerprint density at radius 2 is 1.85 bits per heavy atom. The van der Waals surface area contributed by atoms with Gasteiger partial charge in [-0.2, -0.15) is 0 Å². The summed E-state index contributed by atoms with van der Waals surface area (Å²) in [7, 11) is 0. The highest BCUT2D eigenvalue weighted by atomic mass is 16.2. The third-order valence-electron chi connectivity index (χ3n) is 6.38. The van der Waals surface area contributed by atoms with Gasteiger partial charge in [0, 0.05) is 30.6 Å². The van der Waals surface area contributed by atoms with Gasteiger partial charge in [0.25, 0.3) is 0 Å². The van der Waals surface area contributed by atoms with E-state index in [9.17, 15) is 4.79 Å². The predicted octanol–water partition coefficient (Wildman–Crippen LogP) is 2.10. The maximum absolute atomic E-state index is 12.7. The topological polar surface area (TPSA) is 126 Å². The minimum absolute atomic E-state index is 0.0535. The average Bonchev–Trinajstić information content (AvgIpc) is 3.58. The first-order valence-corrected chi connectivity index (χ1v) is 11.1. The molecule has 33 heavy (non-hydrogen) atoms. The number of carbonyl (C=O) groups is 1. The maximum atomic E-state index is 12.7. The van der Waals surface area contributed by atoms with Crippen molar-refractivity contribution in [2.24, 2.45) is 5.92 Å². The number of aromatic nitrogens is 7. The number of fused-ring (bicyclic) bond motifs is 2. The Hall–Kier alpha value is -4.08. The van der Waals surface area contributed by atoms with E-state index in [1.807, 2.05) is 0 Å². The third-order valence-corrected chi connectivity index (χ3v) is 6.38. The fraction of sp³-hybridized carbons (Fsp3) is 0.304. The highest BCUT2D eigenvalue weighted by Gasteiger charge is 2.27. The molecule has 10 nitrogen and oxygen atoms in total. The molecule has 1 aromatic carbocycles. The van der Waals surface area contributed by atoms with Crippen molar-refractivity contribution in [3.63, 3.8) is 0 Å². The number of benzene rings is 1. The number of H-pyrrole nitrogens is 1. The van der Waals surface area contributed by atoms with Crippen molar-refractivity contribution < 1.29 is 4.79 Å². The number of nitrogens with zero attached hydrogens (tertiary/aromatic N) is 6. The number of rotatable bonds is 5. The lowest BCUT2D eigenvalue weighted by molar-refractivity contribution is -0.120. The van der Waals surface area contributed by atoms with E-state index in [2.05, 4.69) is 65.4 Å². The molecule has 0 saturated carbocycles. The molecule has 10 heteroatoms. The highest BCUT2D eigenvalue weighted by molar-refractivity contribution is 5.92. The Morgan fingerprint density at radius 3 is 2.64 bits per heavy atom. The SMILES string of the molecule is O=C(Nc1ccn(-c2cnc(NC3Cc4ccccc4C3)nc2)n1)[C@@H]1CCc2[nH]nnc2C1. The van der Waals surface area contributed by atoms with Crippen molar-refractivity contribution in [2.75, 3.05) is 10.6 Å². The Kier molecular flexibility index (Phi) is 4.82. The first-order chi connectivity index (χ1) is 16.2. The van der Waals surface area contributed by atoms with Crippen LogP contribution in [0.1, 0.15) is 28.9 Å². The van der Waals surface area contributed by atoms with Crippen LogP contribution in [-0.2, 0) is 30.5 Å². The van der Waals surface area contributed by atoms with Crippen molar-refractivity contribution in [2.45, 2.75) is 38.1 Å². The fourth-order valence-electron chi connectivity index (χ4n) is 4.63. The van der Waals surface area contributed by atoms with Gasteiger partial charge in [-0.25, -0.2) is 14.6 Å². The minimum Gasteiger partial charge on any atom is -0.351 e. The van der Waals surface area contributed by atoms with Gasteiger partial charge in [-0.15, -0.1) is 10.2 Å². The normalized spacial score (nSPS) is 17.4. The molecule has 3 heterocycles. The number of aromatic amines is 1. The first-order valence-electron chi connectivity index (χ1n) is 11.1. The summed E-state index contributed by atoms with van der Waals surface area (Å²) in [6, 6.07) is 10.6. The van der Waals surface area contributed by atoms with Gasteiger partial charge in [0.1, 0.15) is 5.69 Å². The smallest absolute Gasteiger partial charge is 0.229 e. The summed E-state index contributed by atoms with van der Waals surface area (Å²) in [5.74, 6) is 0.907. The number of nitrogens with one attached hydrogen (secondary N) is 3. The fourth-order valence-corrected chi connectivity index (χ4v) is 4.63. The van der Waals surface area contributed by atoms with E-state index in [-0.39, 0.29) is 11.8 Å². The molecule has 0 spiro atoms. The zero-order chi connectivity index (χ0) is 22.2. The van der Waals surface area contributed by atoms with Crippen LogP contribution in [0.15, 0.2) is 48.9 Å². The molecule has 3 N–H and O–H groups in total. The van der Waals surface area contributed by atoms with Crippen LogP contribution >= 0.6 is 0 Å². The molecular formula is C23H23N9O. The molecular weight excluding hydrogens is 418 g/mol. The van der Waals surface area contributed by atoms with Gasteiger partial charge in [0.15, 0.2) is 5.82 Å². The maximum Gasteiger partial charge on any atom is 0.229 e. The first kappa shape index (κ1) is 19.6. The van der Waals surface area contributed by atoms with Gasteiger partial charge < -0.3 is 10.6 Å². The molecule has 1 amide bonds. The molecule has 0 aliphatic heterocycles. The van der Waals surface area contributed by atoms with Crippen molar-refractivity contribution in [3.8, 4) is 5.69 Å². The molecule has 2 aliphatic carbocycles. The average molecular weight is 441 g/mol. The number of aryl methyl sites for hydroxylation is 1. The lowest BCUT2D eigenvalue weighted by Gasteiger charge is -2.19. The van der Waals surface area contributed by atoms with Gasteiger partial charge in [-0.3, -0.25) is 9.89 Å².